The molecule has 5 heteroatoms. The summed E-state index contributed by atoms with van der Waals surface area (Å²) in [4.78, 5) is 10.8. The third-order valence-corrected chi connectivity index (χ3v) is 2.78. The Morgan fingerprint density at radius 3 is 2.75 bits per heavy atom. The molecule has 1 fully saturated rings. The fraction of sp³-hybridized carbons (Fsp3) is 0.636. The summed E-state index contributed by atoms with van der Waals surface area (Å²) >= 11 is 0. The van der Waals surface area contributed by atoms with Gasteiger partial charge in [0, 0.05) is 31.8 Å². The summed E-state index contributed by atoms with van der Waals surface area (Å²) in [5, 5.41) is 9.09. The van der Waals surface area contributed by atoms with Gasteiger partial charge in [-0.2, -0.15) is 0 Å². The van der Waals surface area contributed by atoms with E-state index in [0.717, 1.165) is 17.2 Å². The largest absolute Gasteiger partial charge is 0.394 e. The van der Waals surface area contributed by atoms with Crippen LogP contribution in [0.25, 0.3) is 0 Å². The molecule has 16 heavy (non-hydrogen) atoms. The first-order valence-electron chi connectivity index (χ1n) is 5.54. The van der Waals surface area contributed by atoms with Crippen molar-refractivity contribution in [3.8, 4) is 0 Å². The minimum absolute atomic E-state index is 0.0903. The summed E-state index contributed by atoms with van der Waals surface area (Å²) in [5.74, 6) is 2.24. The standard InChI is InChI=1S/C11H18N4O/c1-15(2)11-8(9(12)6-16)5-13-10(14-11)7-3-4-7/h5,7,9,16H,3-4,6,12H2,1-2H3. The third-order valence-electron chi connectivity index (χ3n) is 2.78. The third kappa shape index (κ3) is 2.15. The number of aliphatic hydroxyl groups excluding tert-OH is 1. The Morgan fingerprint density at radius 1 is 1.56 bits per heavy atom. The maximum atomic E-state index is 9.09. The van der Waals surface area contributed by atoms with Gasteiger partial charge in [-0.1, -0.05) is 0 Å². The lowest BCUT2D eigenvalue weighted by Gasteiger charge is -2.19. The quantitative estimate of drug-likeness (QED) is 0.772. The van der Waals surface area contributed by atoms with Crippen molar-refractivity contribution in [1.82, 2.24) is 9.97 Å². The molecule has 0 aliphatic heterocycles. The van der Waals surface area contributed by atoms with Crippen LogP contribution in [-0.2, 0) is 0 Å². The van der Waals surface area contributed by atoms with Crippen LogP contribution in [-0.4, -0.2) is 35.8 Å². The number of hydrogen-bond acceptors (Lipinski definition) is 5. The zero-order chi connectivity index (χ0) is 11.7. The number of nitrogens with two attached hydrogens (primary N) is 1. The lowest BCUT2D eigenvalue weighted by molar-refractivity contribution is 0.267. The zero-order valence-electron chi connectivity index (χ0n) is 9.72. The summed E-state index contributed by atoms with van der Waals surface area (Å²) < 4.78 is 0. The van der Waals surface area contributed by atoms with E-state index in [0.29, 0.717) is 5.92 Å². The molecule has 0 amide bonds. The van der Waals surface area contributed by atoms with E-state index in [9.17, 15) is 0 Å². The maximum absolute atomic E-state index is 9.09. The first-order chi connectivity index (χ1) is 7.63. The van der Waals surface area contributed by atoms with Crippen LogP contribution in [0.1, 0.15) is 36.2 Å². The van der Waals surface area contributed by atoms with Crippen LogP contribution in [0.5, 0.6) is 0 Å². The van der Waals surface area contributed by atoms with Crippen molar-refractivity contribution in [2.45, 2.75) is 24.8 Å². The Labute approximate surface area is 95.3 Å². The number of anilines is 1. The van der Waals surface area contributed by atoms with Gasteiger partial charge >= 0.3 is 0 Å². The van der Waals surface area contributed by atoms with Gasteiger partial charge in [-0.15, -0.1) is 0 Å². The van der Waals surface area contributed by atoms with Gasteiger partial charge < -0.3 is 15.7 Å². The minimum atomic E-state index is -0.411. The van der Waals surface area contributed by atoms with Gasteiger partial charge in [-0.25, -0.2) is 9.97 Å². The summed E-state index contributed by atoms with van der Waals surface area (Å²) in [6.45, 7) is -0.0903. The Kier molecular flexibility index (Phi) is 3.07. The molecule has 0 radical (unpaired) electrons. The lowest BCUT2D eigenvalue weighted by Crippen LogP contribution is -2.22. The van der Waals surface area contributed by atoms with E-state index in [4.69, 9.17) is 10.8 Å². The van der Waals surface area contributed by atoms with E-state index >= 15 is 0 Å². The molecular formula is C11H18N4O. The molecule has 1 unspecified atom stereocenters. The smallest absolute Gasteiger partial charge is 0.136 e. The number of aliphatic hydroxyl groups is 1. The van der Waals surface area contributed by atoms with Crippen molar-refractivity contribution >= 4 is 5.82 Å². The average Bonchev–Trinajstić information content (AvgIpc) is 3.11. The fourth-order valence-electron chi connectivity index (χ4n) is 1.65. The van der Waals surface area contributed by atoms with E-state index in [1.165, 1.54) is 12.8 Å². The lowest BCUT2D eigenvalue weighted by atomic mass is 10.1. The second-order valence-corrected chi connectivity index (χ2v) is 4.46. The van der Waals surface area contributed by atoms with Crippen molar-refractivity contribution in [3.05, 3.63) is 17.6 Å². The SMILES string of the molecule is CN(C)c1nc(C2CC2)ncc1C(N)CO. The van der Waals surface area contributed by atoms with Crippen LogP contribution in [0.2, 0.25) is 0 Å². The van der Waals surface area contributed by atoms with Crippen LogP contribution < -0.4 is 10.6 Å². The molecule has 2 rings (SSSR count). The molecule has 0 spiro atoms. The van der Waals surface area contributed by atoms with Crippen LogP contribution in [0.15, 0.2) is 6.20 Å². The molecule has 1 saturated carbocycles. The minimum Gasteiger partial charge on any atom is -0.394 e. The second kappa shape index (κ2) is 4.35. The van der Waals surface area contributed by atoms with Crippen molar-refractivity contribution < 1.29 is 5.11 Å². The highest BCUT2D eigenvalue weighted by molar-refractivity contribution is 5.46. The van der Waals surface area contributed by atoms with Crippen molar-refractivity contribution in [3.63, 3.8) is 0 Å². The number of hydrogen-bond donors (Lipinski definition) is 2. The molecular weight excluding hydrogens is 204 g/mol. The van der Waals surface area contributed by atoms with Gasteiger partial charge in [0.2, 0.25) is 0 Å². The van der Waals surface area contributed by atoms with Crippen molar-refractivity contribution in [1.29, 1.82) is 0 Å². The maximum Gasteiger partial charge on any atom is 0.136 e. The Morgan fingerprint density at radius 2 is 2.25 bits per heavy atom. The first kappa shape index (κ1) is 11.3. The van der Waals surface area contributed by atoms with Gasteiger partial charge in [0.05, 0.1) is 12.6 Å². The molecule has 5 nitrogen and oxygen atoms in total. The van der Waals surface area contributed by atoms with Gasteiger partial charge in [-0.05, 0) is 12.8 Å². The Hall–Kier alpha value is -1.20. The van der Waals surface area contributed by atoms with Crippen LogP contribution in [0, 0.1) is 0 Å². The number of rotatable bonds is 4. The van der Waals surface area contributed by atoms with Gasteiger partial charge in [0.15, 0.2) is 0 Å². The molecule has 88 valence electrons. The van der Waals surface area contributed by atoms with Gasteiger partial charge in [-0.3, -0.25) is 0 Å². The van der Waals surface area contributed by atoms with E-state index in [1.807, 2.05) is 19.0 Å². The number of nitrogens with zero attached hydrogens (tertiary/aromatic N) is 3. The van der Waals surface area contributed by atoms with Crippen LogP contribution in [0.4, 0.5) is 5.82 Å². The van der Waals surface area contributed by atoms with Gasteiger partial charge in [0.25, 0.3) is 0 Å². The predicted octanol–water partition coefficient (Wildman–Crippen LogP) is 0.412. The summed E-state index contributed by atoms with van der Waals surface area (Å²) in [7, 11) is 3.85. The molecule has 1 aliphatic rings. The van der Waals surface area contributed by atoms with E-state index < -0.39 is 6.04 Å². The average molecular weight is 222 g/mol. The fourth-order valence-corrected chi connectivity index (χ4v) is 1.65. The molecule has 0 saturated heterocycles. The highest BCUT2D eigenvalue weighted by Crippen LogP contribution is 2.38. The monoisotopic (exact) mass is 222 g/mol. The van der Waals surface area contributed by atoms with E-state index in [-0.39, 0.29) is 6.61 Å². The molecule has 1 aliphatic carbocycles. The zero-order valence-corrected chi connectivity index (χ0v) is 9.72. The van der Waals surface area contributed by atoms with Crippen molar-refractivity contribution in [2.24, 2.45) is 5.73 Å². The molecule has 0 bridgehead atoms. The highest BCUT2D eigenvalue weighted by Gasteiger charge is 2.28. The Balaban J connectivity index is 2.36. The van der Waals surface area contributed by atoms with Crippen molar-refractivity contribution in [2.75, 3.05) is 25.6 Å². The topological polar surface area (TPSA) is 75.3 Å². The van der Waals surface area contributed by atoms with E-state index in [1.54, 1.807) is 6.20 Å². The van der Waals surface area contributed by atoms with Gasteiger partial charge in [0.1, 0.15) is 11.6 Å². The van der Waals surface area contributed by atoms with E-state index in [2.05, 4.69) is 9.97 Å². The molecule has 1 aromatic heterocycles. The van der Waals surface area contributed by atoms with Crippen LogP contribution >= 0.6 is 0 Å². The molecule has 0 aromatic carbocycles. The highest BCUT2D eigenvalue weighted by atomic mass is 16.3. The summed E-state index contributed by atoms with van der Waals surface area (Å²) in [5.41, 5.74) is 6.62. The molecule has 1 aromatic rings. The molecule has 1 atom stereocenters. The summed E-state index contributed by atoms with van der Waals surface area (Å²) in [6, 6.07) is -0.411. The molecule has 1 heterocycles. The predicted molar refractivity (Wildman–Crippen MR) is 62.3 cm³/mol. The summed E-state index contributed by atoms with van der Waals surface area (Å²) in [6.07, 6.45) is 4.10. The van der Waals surface area contributed by atoms with Crippen LogP contribution in [0.3, 0.4) is 0 Å². The normalized spacial score (nSPS) is 17.2. The number of aromatic nitrogens is 2. The second-order valence-electron chi connectivity index (χ2n) is 4.46. The first-order valence-corrected chi connectivity index (χ1v) is 5.54. The molecule has 3 N–H and O–H groups in total. The Bertz CT molecular complexity index is 376.